The predicted molar refractivity (Wildman–Crippen MR) is 113 cm³/mol. The molecule has 0 spiro atoms. The third-order valence-electron chi connectivity index (χ3n) is 4.17. The van der Waals surface area contributed by atoms with E-state index >= 15 is 0 Å². The molecule has 1 heterocycles. The van der Waals surface area contributed by atoms with Crippen molar-refractivity contribution in [3.63, 3.8) is 0 Å². The molecule has 28 heavy (non-hydrogen) atoms. The van der Waals surface area contributed by atoms with Gasteiger partial charge in [0.2, 0.25) is 0 Å². The van der Waals surface area contributed by atoms with Crippen molar-refractivity contribution in [3.8, 4) is 5.75 Å². The fraction of sp³-hybridized carbons (Fsp3) is 0.238. The second-order valence-corrected chi connectivity index (χ2v) is 7.70. The minimum atomic E-state index is -0.189. The minimum Gasteiger partial charge on any atom is -0.497 e. The highest BCUT2D eigenvalue weighted by Gasteiger charge is 2.22. The van der Waals surface area contributed by atoms with Gasteiger partial charge in [0.25, 0.3) is 11.8 Å². The van der Waals surface area contributed by atoms with Crippen LogP contribution in [0.3, 0.4) is 0 Å². The van der Waals surface area contributed by atoms with Gasteiger partial charge < -0.3 is 20.3 Å². The molecule has 0 aliphatic carbocycles. The van der Waals surface area contributed by atoms with Crippen molar-refractivity contribution in [2.45, 2.75) is 4.90 Å². The van der Waals surface area contributed by atoms with Gasteiger partial charge in [-0.05, 0) is 56.1 Å². The number of methoxy groups -OCH3 is 1. The van der Waals surface area contributed by atoms with E-state index in [9.17, 15) is 9.59 Å². The number of thioether (sulfide) groups is 1. The maximum absolute atomic E-state index is 12.5. The van der Waals surface area contributed by atoms with Crippen molar-refractivity contribution < 1.29 is 14.3 Å². The van der Waals surface area contributed by atoms with Gasteiger partial charge in [-0.1, -0.05) is 23.9 Å². The summed E-state index contributed by atoms with van der Waals surface area (Å²) in [7, 11) is 5.52. The number of nitrogens with one attached hydrogen (secondary N) is 2. The Bertz CT molecular complexity index is 925. The van der Waals surface area contributed by atoms with Crippen molar-refractivity contribution in [2.24, 2.45) is 0 Å². The Hall–Kier alpha value is -2.77. The molecule has 0 fully saturated rings. The topological polar surface area (TPSA) is 70.7 Å². The summed E-state index contributed by atoms with van der Waals surface area (Å²) >= 11 is 1.39. The molecule has 1 aliphatic heterocycles. The number of ether oxygens (including phenoxy) is 1. The number of anilines is 1. The third kappa shape index (κ3) is 4.94. The molecule has 2 aromatic carbocycles. The number of likely N-dealkylation sites (N-methyl/N-ethyl adjacent to an activating group) is 1. The van der Waals surface area contributed by atoms with E-state index in [0.717, 1.165) is 22.8 Å². The maximum Gasteiger partial charge on any atom is 0.262 e. The van der Waals surface area contributed by atoms with Crippen molar-refractivity contribution in [1.29, 1.82) is 0 Å². The van der Waals surface area contributed by atoms with Crippen molar-refractivity contribution in [2.75, 3.05) is 39.6 Å². The molecule has 0 saturated heterocycles. The molecule has 0 radical (unpaired) electrons. The summed E-state index contributed by atoms with van der Waals surface area (Å²) in [6.07, 6.45) is 1.83. The molecule has 2 N–H and O–H groups in total. The molecule has 6 nitrogen and oxygen atoms in total. The zero-order valence-electron chi connectivity index (χ0n) is 16.1. The van der Waals surface area contributed by atoms with E-state index < -0.39 is 0 Å². The van der Waals surface area contributed by atoms with Gasteiger partial charge in [-0.25, -0.2) is 0 Å². The molecule has 3 rings (SSSR count). The van der Waals surface area contributed by atoms with Crippen LogP contribution in [0, 0.1) is 0 Å². The molecule has 0 aromatic heterocycles. The number of amides is 2. The molecule has 0 unspecified atom stereocenters. The molecule has 2 amide bonds. The van der Waals surface area contributed by atoms with Crippen molar-refractivity contribution in [1.82, 2.24) is 10.2 Å². The first-order chi connectivity index (χ1) is 13.5. The van der Waals surface area contributed by atoms with E-state index in [-0.39, 0.29) is 11.8 Å². The molecule has 2 aromatic rings. The summed E-state index contributed by atoms with van der Waals surface area (Å²) in [4.78, 5) is 28.3. The number of fused-ring (bicyclic) bond motifs is 1. The highest BCUT2D eigenvalue weighted by molar-refractivity contribution is 8.04. The second-order valence-electron chi connectivity index (χ2n) is 6.61. The molecular weight excluding hydrogens is 374 g/mol. The Kier molecular flexibility index (Phi) is 6.38. The Labute approximate surface area is 168 Å². The fourth-order valence-corrected chi connectivity index (χ4v) is 3.61. The number of rotatable bonds is 6. The van der Waals surface area contributed by atoms with Gasteiger partial charge in [-0.15, -0.1) is 0 Å². The predicted octanol–water partition coefficient (Wildman–Crippen LogP) is 3.07. The number of benzene rings is 2. The average Bonchev–Trinajstić information content (AvgIpc) is 2.68. The number of nitrogens with zero attached hydrogens (tertiary/aromatic N) is 1. The van der Waals surface area contributed by atoms with Crippen LogP contribution in [0.25, 0.3) is 6.08 Å². The summed E-state index contributed by atoms with van der Waals surface area (Å²) in [5.41, 5.74) is 2.06. The third-order valence-corrected chi connectivity index (χ3v) is 5.27. The van der Waals surface area contributed by atoms with Crippen LogP contribution in [0.5, 0.6) is 5.75 Å². The molecule has 0 atom stereocenters. The maximum atomic E-state index is 12.5. The molecule has 7 heteroatoms. The smallest absolute Gasteiger partial charge is 0.262 e. The van der Waals surface area contributed by atoms with Gasteiger partial charge in [0, 0.05) is 23.5 Å². The first kappa shape index (κ1) is 20.0. The highest BCUT2D eigenvalue weighted by Crippen LogP contribution is 2.39. The largest absolute Gasteiger partial charge is 0.497 e. The van der Waals surface area contributed by atoms with Crippen LogP contribution in [-0.2, 0) is 4.79 Å². The van der Waals surface area contributed by atoms with Crippen LogP contribution in [0.1, 0.15) is 15.9 Å². The lowest BCUT2D eigenvalue weighted by Crippen LogP contribution is -2.31. The van der Waals surface area contributed by atoms with E-state index in [1.165, 1.54) is 11.8 Å². The summed E-state index contributed by atoms with van der Waals surface area (Å²) < 4.78 is 5.23. The second kappa shape index (κ2) is 8.95. The van der Waals surface area contributed by atoms with Crippen LogP contribution in [-0.4, -0.2) is 51.0 Å². The number of hydrogen-bond donors (Lipinski definition) is 2. The summed E-state index contributed by atoms with van der Waals surface area (Å²) in [5.74, 6) is 0.396. The highest BCUT2D eigenvalue weighted by atomic mass is 32.2. The van der Waals surface area contributed by atoms with Gasteiger partial charge in [0.15, 0.2) is 0 Å². The molecule has 0 bridgehead atoms. The minimum absolute atomic E-state index is 0.151. The van der Waals surface area contributed by atoms with E-state index in [1.54, 1.807) is 19.2 Å². The first-order valence-electron chi connectivity index (χ1n) is 8.88. The molecule has 0 saturated carbocycles. The zero-order valence-corrected chi connectivity index (χ0v) is 16.9. The van der Waals surface area contributed by atoms with Gasteiger partial charge in [0.1, 0.15) is 5.75 Å². The monoisotopic (exact) mass is 397 g/mol. The quantitative estimate of drug-likeness (QED) is 0.733. The van der Waals surface area contributed by atoms with E-state index in [2.05, 4.69) is 10.6 Å². The first-order valence-corrected chi connectivity index (χ1v) is 9.70. The Morgan fingerprint density at radius 3 is 2.82 bits per heavy atom. The van der Waals surface area contributed by atoms with Crippen LogP contribution in [0.15, 0.2) is 52.3 Å². The summed E-state index contributed by atoms with van der Waals surface area (Å²) in [5, 5.41) is 5.76. The Morgan fingerprint density at radius 2 is 2.07 bits per heavy atom. The average molecular weight is 398 g/mol. The van der Waals surface area contributed by atoms with Crippen LogP contribution in [0.2, 0.25) is 0 Å². The van der Waals surface area contributed by atoms with Gasteiger partial charge in [0.05, 0.1) is 17.7 Å². The molecule has 1 aliphatic rings. The lowest BCUT2D eigenvalue weighted by Gasteiger charge is -2.19. The lowest BCUT2D eigenvalue weighted by molar-refractivity contribution is -0.112. The molecule has 146 valence electrons. The number of carbonyl (C=O) groups excluding carboxylic acids is 2. The summed E-state index contributed by atoms with van der Waals surface area (Å²) in [6.45, 7) is 1.33. The Morgan fingerprint density at radius 1 is 1.25 bits per heavy atom. The normalized spacial score (nSPS) is 14.6. The lowest BCUT2D eigenvalue weighted by atomic mass is 10.1. The molecular formula is C21H23N3O3S. The van der Waals surface area contributed by atoms with Crippen LogP contribution < -0.4 is 15.4 Å². The Balaban J connectivity index is 1.75. The van der Waals surface area contributed by atoms with Crippen LogP contribution >= 0.6 is 11.8 Å². The van der Waals surface area contributed by atoms with Crippen molar-refractivity contribution in [3.05, 3.63) is 58.5 Å². The van der Waals surface area contributed by atoms with Crippen LogP contribution in [0.4, 0.5) is 5.69 Å². The number of hydrogen-bond acceptors (Lipinski definition) is 5. The van der Waals surface area contributed by atoms with Gasteiger partial charge >= 0.3 is 0 Å². The summed E-state index contributed by atoms with van der Waals surface area (Å²) in [6, 6.07) is 12.9. The zero-order chi connectivity index (χ0) is 20.1. The van der Waals surface area contributed by atoms with Gasteiger partial charge in [-0.2, -0.15) is 0 Å². The number of carbonyl (C=O) groups is 2. The fourth-order valence-electron chi connectivity index (χ4n) is 2.68. The van der Waals surface area contributed by atoms with Crippen molar-refractivity contribution >= 4 is 35.3 Å². The van der Waals surface area contributed by atoms with Gasteiger partial charge in [-0.3, -0.25) is 9.59 Å². The van der Waals surface area contributed by atoms with E-state index in [1.807, 2.05) is 55.4 Å². The standard InChI is InChI=1S/C21H23N3O3S/c1-24(2)10-9-22-20(25)15-7-8-18-17(13-15)23-21(26)19(28-18)12-14-5-4-6-16(11-14)27-3/h4-8,11-13H,9-10H2,1-3H3,(H,22,25)(H,23,26)/b19-12+. The van der Waals surface area contributed by atoms with E-state index in [0.29, 0.717) is 22.7 Å². The SMILES string of the molecule is COc1cccc(/C=C2/Sc3ccc(C(=O)NCCN(C)C)cc3NC2=O)c1. The van der Waals surface area contributed by atoms with E-state index in [4.69, 9.17) is 4.74 Å².